The highest BCUT2D eigenvalue weighted by molar-refractivity contribution is 7.80. The number of rotatable bonds is 3. The number of hydrogen-bond donors (Lipinski definition) is 2. The van der Waals surface area contributed by atoms with Gasteiger partial charge >= 0.3 is 5.97 Å². The van der Waals surface area contributed by atoms with Crippen molar-refractivity contribution in [2.75, 3.05) is 0 Å². The quantitative estimate of drug-likeness (QED) is 0.638. The molecule has 0 amide bonds. The van der Waals surface area contributed by atoms with Gasteiger partial charge in [-0.3, -0.25) is 0 Å². The molecule has 0 fully saturated rings. The second kappa shape index (κ2) is 6.54. The fourth-order valence-electron chi connectivity index (χ4n) is 3.88. The van der Waals surface area contributed by atoms with Crippen LogP contribution in [-0.4, -0.2) is 16.1 Å². The summed E-state index contributed by atoms with van der Waals surface area (Å²) in [4.78, 5) is 11.8. The number of fused-ring (bicyclic) bond motifs is 1. The Balaban J connectivity index is 2.51. The van der Waals surface area contributed by atoms with Crippen LogP contribution < -0.4 is 5.73 Å². The molecule has 0 radical (unpaired) electrons. The van der Waals surface area contributed by atoms with E-state index < -0.39 is 5.97 Å². The van der Waals surface area contributed by atoms with E-state index in [2.05, 4.69) is 39.8 Å². The second-order valence-corrected chi connectivity index (χ2v) is 7.08. The molecule has 0 aromatic heterocycles. The van der Waals surface area contributed by atoms with Gasteiger partial charge in [-0.2, -0.15) is 0 Å². The Morgan fingerprint density at radius 3 is 2.23 bits per heavy atom. The Bertz CT molecular complexity index is 1080. The summed E-state index contributed by atoms with van der Waals surface area (Å²) in [6, 6.07) is 11.5. The molecule has 3 N–H and O–H groups in total. The van der Waals surface area contributed by atoms with E-state index in [1.165, 1.54) is 16.5 Å². The predicted molar refractivity (Wildman–Crippen MR) is 111 cm³/mol. The summed E-state index contributed by atoms with van der Waals surface area (Å²) in [6.45, 7) is 8.36. The summed E-state index contributed by atoms with van der Waals surface area (Å²) in [6.07, 6.45) is 0. The highest BCUT2D eigenvalue weighted by atomic mass is 32.1. The molecule has 4 heteroatoms. The highest BCUT2D eigenvalue weighted by Crippen LogP contribution is 2.39. The van der Waals surface area contributed by atoms with Crippen LogP contribution >= 0.6 is 12.2 Å². The van der Waals surface area contributed by atoms with E-state index in [-0.39, 0.29) is 10.6 Å². The van der Waals surface area contributed by atoms with Crippen molar-refractivity contribution < 1.29 is 9.90 Å². The maximum atomic E-state index is 11.7. The molecular weight excluding hydrogens is 342 g/mol. The zero-order chi connectivity index (χ0) is 19.2. The minimum absolute atomic E-state index is 0.0961. The summed E-state index contributed by atoms with van der Waals surface area (Å²) in [5.41, 5.74) is 12.9. The number of aromatic carboxylic acids is 1. The van der Waals surface area contributed by atoms with Gasteiger partial charge in [-0.25, -0.2) is 4.79 Å². The standard InChI is InChI=1S/C22H21NO2S/c1-11-7-5-8-15-14(4)19(13(3)12(2)18(11)15)16-9-6-10-17(22(24)25)20(16)21(23)26/h5-10H,1-4H3,(H2,23,26)(H,24,25). The van der Waals surface area contributed by atoms with Crippen molar-refractivity contribution in [3.63, 3.8) is 0 Å². The van der Waals surface area contributed by atoms with E-state index in [1.54, 1.807) is 12.1 Å². The van der Waals surface area contributed by atoms with Gasteiger partial charge in [-0.05, 0) is 77.9 Å². The smallest absolute Gasteiger partial charge is 0.336 e. The number of carboxylic acid groups (broad SMARTS) is 1. The Morgan fingerprint density at radius 2 is 1.62 bits per heavy atom. The number of carbonyl (C=O) groups is 1. The lowest BCUT2D eigenvalue weighted by atomic mass is 9.83. The summed E-state index contributed by atoms with van der Waals surface area (Å²) >= 11 is 5.21. The van der Waals surface area contributed by atoms with Crippen molar-refractivity contribution >= 4 is 33.9 Å². The predicted octanol–water partition coefficient (Wildman–Crippen LogP) is 5.07. The van der Waals surface area contributed by atoms with Crippen molar-refractivity contribution in [3.8, 4) is 11.1 Å². The number of benzene rings is 3. The third-order valence-corrected chi connectivity index (χ3v) is 5.38. The summed E-state index contributed by atoms with van der Waals surface area (Å²) in [5, 5.41) is 12.0. The van der Waals surface area contributed by atoms with Crippen molar-refractivity contribution in [1.82, 2.24) is 0 Å². The molecule has 3 aromatic rings. The van der Waals surface area contributed by atoms with Gasteiger partial charge in [0.25, 0.3) is 0 Å². The molecule has 0 aliphatic carbocycles. The number of hydrogen-bond acceptors (Lipinski definition) is 2. The fraction of sp³-hybridized carbons (Fsp3) is 0.182. The van der Waals surface area contributed by atoms with Gasteiger partial charge in [0.05, 0.1) is 5.56 Å². The first-order valence-electron chi connectivity index (χ1n) is 8.41. The van der Waals surface area contributed by atoms with Crippen molar-refractivity contribution in [1.29, 1.82) is 0 Å². The minimum Gasteiger partial charge on any atom is -0.478 e. The van der Waals surface area contributed by atoms with Crippen LogP contribution in [0.3, 0.4) is 0 Å². The van der Waals surface area contributed by atoms with Gasteiger partial charge in [-0.1, -0.05) is 42.5 Å². The average molecular weight is 363 g/mol. The zero-order valence-corrected chi connectivity index (χ0v) is 16.1. The Hall–Kier alpha value is -2.72. The van der Waals surface area contributed by atoms with Gasteiger partial charge in [0, 0.05) is 5.56 Å². The summed E-state index contributed by atoms with van der Waals surface area (Å²) in [7, 11) is 0. The molecule has 3 rings (SSSR count). The molecule has 26 heavy (non-hydrogen) atoms. The van der Waals surface area contributed by atoms with Crippen LogP contribution in [0.25, 0.3) is 21.9 Å². The molecule has 0 bridgehead atoms. The lowest BCUT2D eigenvalue weighted by Gasteiger charge is -2.21. The first kappa shape index (κ1) is 18.1. The molecule has 0 spiro atoms. The highest BCUT2D eigenvalue weighted by Gasteiger charge is 2.21. The number of carboxylic acids is 1. The monoisotopic (exact) mass is 363 g/mol. The van der Waals surface area contributed by atoms with Crippen molar-refractivity contribution in [2.24, 2.45) is 5.73 Å². The first-order valence-corrected chi connectivity index (χ1v) is 8.82. The van der Waals surface area contributed by atoms with Gasteiger partial charge in [0.1, 0.15) is 4.99 Å². The first-order chi connectivity index (χ1) is 12.3. The van der Waals surface area contributed by atoms with Crippen LogP contribution in [0.5, 0.6) is 0 Å². The van der Waals surface area contributed by atoms with Crippen molar-refractivity contribution in [3.05, 3.63) is 69.8 Å². The molecule has 3 aromatic carbocycles. The average Bonchev–Trinajstić information content (AvgIpc) is 2.59. The zero-order valence-electron chi connectivity index (χ0n) is 15.3. The largest absolute Gasteiger partial charge is 0.478 e. The van der Waals surface area contributed by atoms with E-state index in [4.69, 9.17) is 18.0 Å². The van der Waals surface area contributed by atoms with E-state index in [1.807, 2.05) is 12.1 Å². The van der Waals surface area contributed by atoms with E-state index in [0.717, 1.165) is 27.6 Å². The molecule has 0 unspecified atom stereocenters. The maximum absolute atomic E-state index is 11.7. The molecule has 0 atom stereocenters. The molecule has 3 nitrogen and oxygen atoms in total. The third kappa shape index (κ3) is 2.67. The Labute approximate surface area is 158 Å². The van der Waals surface area contributed by atoms with Gasteiger partial charge < -0.3 is 10.8 Å². The Morgan fingerprint density at radius 1 is 0.962 bits per heavy atom. The molecule has 0 saturated carbocycles. The van der Waals surface area contributed by atoms with Crippen molar-refractivity contribution in [2.45, 2.75) is 27.7 Å². The van der Waals surface area contributed by atoms with Gasteiger partial charge in [-0.15, -0.1) is 0 Å². The summed E-state index contributed by atoms with van der Waals surface area (Å²) < 4.78 is 0. The van der Waals surface area contributed by atoms with Crippen LogP contribution in [-0.2, 0) is 0 Å². The van der Waals surface area contributed by atoms with E-state index in [0.29, 0.717) is 5.56 Å². The van der Waals surface area contributed by atoms with Crippen LogP contribution in [0.4, 0.5) is 0 Å². The SMILES string of the molecule is Cc1c(-c2cccc(C(=O)O)c2C(N)=S)c(C)c2cccc(C)c2c1C. The molecule has 0 heterocycles. The third-order valence-electron chi connectivity index (χ3n) is 5.17. The molecular formula is C22H21NO2S. The molecule has 0 aliphatic heterocycles. The van der Waals surface area contributed by atoms with Crippen LogP contribution in [0.15, 0.2) is 36.4 Å². The normalized spacial score (nSPS) is 10.9. The second-order valence-electron chi connectivity index (χ2n) is 6.65. The van der Waals surface area contributed by atoms with E-state index >= 15 is 0 Å². The van der Waals surface area contributed by atoms with Gasteiger partial charge in [0.2, 0.25) is 0 Å². The number of aryl methyl sites for hydroxylation is 3. The molecule has 0 aliphatic rings. The van der Waals surface area contributed by atoms with Crippen LogP contribution in [0.2, 0.25) is 0 Å². The van der Waals surface area contributed by atoms with Crippen LogP contribution in [0.1, 0.15) is 38.2 Å². The minimum atomic E-state index is -1.03. The lowest BCUT2D eigenvalue weighted by molar-refractivity contribution is 0.0696. The fourth-order valence-corrected chi connectivity index (χ4v) is 4.10. The Kier molecular flexibility index (Phi) is 4.55. The number of thiocarbonyl (C=S) groups is 1. The van der Waals surface area contributed by atoms with Gasteiger partial charge in [0.15, 0.2) is 0 Å². The van der Waals surface area contributed by atoms with Crippen LogP contribution in [0, 0.1) is 27.7 Å². The summed E-state index contributed by atoms with van der Waals surface area (Å²) in [5.74, 6) is -1.03. The molecule has 132 valence electrons. The maximum Gasteiger partial charge on any atom is 0.336 e. The topological polar surface area (TPSA) is 63.3 Å². The molecule has 0 saturated heterocycles. The van der Waals surface area contributed by atoms with E-state index in [9.17, 15) is 9.90 Å². The number of nitrogens with two attached hydrogens (primary N) is 1. The lowest BCUT2D eigenvalue weighted by Crippen LogP contribution is -2.17.